The van der Waals surface area contributed by atoms with Gasteiger partial charge in [0, 0.05) is 27.5 Å². The zero-order valence-corrected chi connectivity index (χ0v) is 31.8. The van der Waals surface area contributed by atoms with Crippen LogP contribution >= 0.6 is 0 Å². The minimum atomic E-state index is 0.622. The van der Waals surface area contributed by atoms with E-state index in [1.807, 2.05) is 36.4 Å². The average molecular weight is 752 g/mol. The molecule has 0 atom stereocenters. The third kappa shape index (κ3) is 5.42. The first-order valence-electron chi connectivity index (χ1n) is 19.9. The molecule has 274 valence electrons. The molecule has 2 aromatic heterocycles. The van der Waals surface area contributed by atoms with E-state index in [-0.39, 0.29) is 0 Å². The lowest BCUT2D eigenvalue weighted by Crippen LogP contribution is -2.01. The van der Waals surface area contributed by atoms with Crippen LogP contribution in [0.3, 0.4) is 0 Å². The largest absolute Gasteiger partial charge is 0.456 e. The minimum absolute atomic E-state index is 0.622. The molecule has 0 bridgehead atoms. The van der Waals surface area contributed by atoms with Crippen molar-refractivity contribution in [1.82, 2.24) is 15.0 Å². The lowest BCUT2D eigenvalue weighted by Gasteiger charge is -2.15. The molecule has 0 amide bonds. The summed E-state index contributed by atoms with van der Waals surface area (Å²) in [6.45, 7) is 0. The summed E-state index contributed by atoms with van der Waals surface area (Å²) in [5.41, 5.74) is 9.16. The summed E-state index contributed by atoms with van der Waals surface area (Å²) in [4.78, 5) is 15.5. The summed E-state index contributed by atoms with van der Waals surface area (Å²) in [6, 6.07) is 70.5. The second kappa shape index (κ2) is 13.3. The maximum Gasteiger partial charge on any atom is 0.164 e. The highest BCUT2D eigenvalue weighted by Gasteiger charge is 2.19. The van der Waals surface area contributed by atoms with Crippen LogP contribution in [0, 0.1) is 0 Å². The normalized spacial score (nSPS) is 11.7. The quantitative estimate of drug-likeness (QED) is 0.164. The van der Waals surface area contributed by atoms with Crippen LogP contribution in [0.1, 0.15) is 0 Å². The molecule has 0 saturated heterocycles. The van der Waals surface area contributed by atoms with Gasteiger partial charge in [0.05, 0.1) is 0 Å². The van der Waals surface area contributed by atoms with E-state index in [0.717, 1.165) is 66.1 Å². The first kappa shape index (κ1) is 33.2. The molecule has 0 aliphatic carbocycles. The summed E-state index contributed by atoms with van der Waals surface area (Å²) in [6.07, 6.45) is 0. The van der Waals surface area contributed by atoms with Gasteiger partial charge in [0.1, 0.15) is 11.2 Å². The molecule has 4 heteroatoms. The molecule has 0 spiro atoms. The van der Waals surface area contributed by atoms with Crippen LogP contribution in [0.25, 0.3) is 121 Å². The lowest BCUT2D eigenvalue weighted by atomic mass is 9.90. The van der Waals surface area contributed by atoms with Gasteiger partial charge in [-0.2, -0.15) is 0 Å². The van der Waals surface area contributed by atoms with E-state index in [4.69, 9.17) is 19.4 Å². The summed E-state index contributed by atoms with van der Waals surface area (Å²) < 4.78 is 6.29. The maximum atomic E-state index is 6.29. The minimum Gasteiger partial charge on any atom is -0.456 e. The second-order valence-corrected chi connectivity index (χ2v) is 15.1. The van der Waals surface area contributed by atoms with Crippen LogP contribution in [-0.2, 0) is 0 Å². The van der Waals surface area contributed by atoms with Crippen molar-refractivity contribution in [2.75, 3.05) is 0 Å². The topological polar surface area (TPSA) is 51.8 Å². The molecular formula is C55H33N3O. The molecule has 2 heterocycles. The smallest absolute Gasteiger partial charge is 0.164 e. The zero-order valence-electron chi connectivity index (χ0n) is 31.8. The fourth-order valence-electron chi connectivity index (χ4n) is 8.98. The Hall–Kier alpha value is -7.95. The highest BCUT2D eigenvalue weighted by molar-refractivity contribution is 6.23. The Kier molecular flexibility index (Phi) is 7.50. The van der Waals surface area contributed by atoms with Crippen molar-refractivity contribution < 1.29 is 4.42 Å². The average Bonchev–Trinajstić information content (AvgIpc) is 3.70. The van der Waals surface area contributed by atoms with Crippen LogP contribution in [0.5, 0.6) is 0 Å². The van der Waals surface area contributed by atoms with Crippen LogP contribution < -0.4 is 0 Å². The molecule has 0 N–H and O–H groups in total. The van der Waals surface area contributed by atoms with Gasteiger partial charge in [0.15, 0.2) is 17.5 Å². The van der Waals surface area contributed by atoms with E-state index in [2.05, 4.69) is 164 Å². The Labute approximate surface area is 339 Å². The Morgan fingerprint density at radius 2 is 0.847 bits per heavy atom. The number of hydrogen-bond acceptors (Lipinski definition) is 4. The Morgan fingerprint density at radius 1 is 0.271 bits per heavy atom. The van der Waals surface area contributed by atoms with Gasteiger partial charge in [0.2, 0.25) is 0 Å². The number of rotatable bonds is 5. The van der Waals surface area contributed by atoms with E-state index >= 15 is 0 Å². The fourth-order valence-corrected chi connectivity index (χ4v) is 8.98. The number of hydrogen-bond donors (Lipinski definition) is 0. The number of para-hydroxylation sites is 1. The van der Waals surface area contributed by atoms with Gasteiger partial charge in [-0.25, -0.2) is 15.0 Å². The van der Waals surface area contributed by atoms with E-state index in [1.54, 1.807) is 0 Å². The van der Waals surface area contributed by atoms with E-state index in [9.17, 15) is 0 Å². The first-order chi connectivity index (χ1) is 29.2. The molecule has 10 aromatic carbocycles. The van der Waals surface area contributed by atoms with Gasteiger partial charge in [-0.05, 0) is 89.6 Å². The Bertz CT molecular complexity index is 3610. The molecule has 0 radical (unpaired) electrons. The SMILES string of the molecule is c1ccc(-c2nc(-c3ccc(-c4cc5ccccc5c5ccc6ccccc6c45)cc3)nc(-c3ccc(-c4cccc5oc6ccccc6c45)c4ccccc34)n2)cc1. The van der Waals surface area contributed by atoms with Crippen molar-refractivity contribution in [2.45, 2.75) is 0 Å². The maximum absolute atomic E-state index is 6.29. The van der Waals surface area contributed by atoms with Crippen LogP contribution in [0.15, 0.2) is 205 Å². The Balaban J connectivity index is 1.02. The van der Waals surface area contributed by atoms with Gasteiger partial charge in [-0.3, -0.25) is 0 Å². The summed E-state index contributed by atoms with van der Waals surface area (Å²) in [5, 5.41) is 11.9. The highest BCUT2D eigenvalue weighted by atomic mass is 16.3. The van der Waals surface area contributed by atoms with Crippen LogP contribution in [0.2, 0.25) is 0 Å². The van der Waals surface area contributed by atoms with Gasteiger partial charge < -0.3 is 4.42 Å². The predicted molar refractivity (Wildman–Crippen MR) is 244 cm³/mol. The number of nitrogens with zero attached hydrogens (tertiary/aromatic N) is 3. The van der Waals surface area contributed by atoms with Crippen molar-refractivity contribution in [2.24, 2.45) is 0 Å². The molecule has 59 heavy (non-hydrogen) atoms. The molecule has 12 rings (SSSR count). The predicted octanol–water partition coefficient (Wildman–Crippen LogP) is 14.7. The fraction of sp³-hybridized carbons (Fsp3) is 0. The van der Waals surface area contributed by atoms with Crippen molar-refractivity contribution in [3.05, 3.63) is 200 Å². The van der Waals surface area contributed by atoms with Gasteiger partial charge in [0.25, 0.3) is 0 Å². The number of aromatic nitrogens is 3. The van der Waals surface area contributed by atoms with E-state index < -0.39 is 0 Å². The van der Waals surface area contributed by atoms with Gasteiger partial charge >= 0.3 is 0 Å². The van der Waals surface area contributed by atoms with Gasteiger partial charge in [-0.15, -0.1) is 0 Å². The summed E-state index contributed by atoms with van der Waals surface area (Å²) >= 11 is 0. The highest BCUT2D eigenvalue weighted by Crippen LogP contribution is 2.43. The molecular weight excluding hydrogens is 719 g/mol. The molecule has 4 nitrogen and oxygen atoms in total. The van der Waals surface area contributed by atoms with E-state index in [1.165, 1.54) is 37.9 Å². The molecule has 0 saturated carbocycles. The zero-order chi connectivity index (χ0) is 38.9. The molecule has 12 aromatic rings. The third-order valence-corrected chi connectivity index (χ3v) is 11.7. The molecule has 0 aliphatic heterocycles. The van der Waals surface area contributed by atoms with Crippen LogP contribution in [-0.4, -0.2) is 15.0 Å². The molecule has 0 fully saturated rings. The lowest BCUT2D eigenvalue weighted by molar-refractivity contribution is 0.669. The van der Waals surface area contributed by atoms with E-state index in [0.29, 0.717) is 17.5 Å². The molecule has 0 aliphatic rings. The third-order valence-electron chi connectivity index (χ3n) is 11.7. The van der Waals surface area contributed by atoms with Crippen molar-refractivity contribution in [3.8, 4) is 56.4 Å². The summed E-state index contributed by atoms with van der Waals surface area (Å²) in [5.74, 6) is 1.88. The van der Waals surface area contributed by atoms with Crippen molar-refractivity contribution in [1.29, 1.82) is 0 Å². The second-order valence-electron chi connectivity index (χ2n) is 15.1. The molecule has 0 unspecified atom stereocenters. The van der Waals surface area contributed by atoms with Crippen LogP contribution in [0.4, 0.5) is 0 Å². The Morgan fingerprint density at radius 3 is 1.64 bits per heavy atom. The number of fused-ring (bicyclic) bond motifs is 9. The van der Waals surface area contributed by atoms with Crippen molar-refractivity contribution >= 4 is 65.0 Å². The van der Waals surface area contributed by atoms with Gasteiger partial charge in [-0.1, -0.05) is 176 Å². The monoisotopic (exact) mass is 751 g/mol. The standard InChI is InChI=1S/C55H33N3O/c1-2-14-36(15-3-1)53-56-54(37-27-25-35(26-28-37)48-33-38-16-5-6-17-39(38)45-30-29-34-13-4-7-18-40(34)51(45)48)58-55(57-53)46-32-31-43(41-19-8-9-20-42(41)46)44-22-12-24-50-52(44)47-21-10-11-23-49(47)59-50/h1-33H. The van der Waals surface area contributed by atoms with Crippen molar-refractivity contribution in [3.63, 3.8) is 0 Å². The number of benzene rings is 10. The number of furan rings is 1. The summed E-state index contributed by atoms with van der Waals surface area (Å²) in [7, 11) is 0. The first-order valence-corrected chi connectivity index (χ1v) is 19.9.